The highest BCUT2D eigenvalue weighted by Gasteiger charge is 2.17. The average molecular weight is 361 g/mol. The second-order valence-electron chi connectivity index (χ2n) is 6.26. The fraction of sp³-hybridized carbons (Fsp3) is 0.300. The molecule has 3 aromatic rings. The minimum atomic E-state index is 0.577. The van der Waals surface area contributed by atoms with Crippen LogP contribution in [0.4, 0.5) is 0 Å². The molecule has 0 aliphatic heterocycles. The lowest BCUT2D eigenvalue weighted by atomic mass is 9.98. The molecule has 126 valence electrons. The first kappa shape index (κ1) is 17.3. The molecule has 0 saturated carbocycles. The second kappa shape index (κ2) is 7.18. The third-order valence-corrected chi connectivity index (χ3v) is 5.53. The topological polar surface area (TPSA) is 41.8 Å². The van der Waals surface area contributed by atoms with Gasteiger partial charge in [-0.05, 0) is 62.4 Å². The summed E-state index contributed by atoms with van der Waals surface area (Å²) in [6, 6.07) is 10.2. The summed E-state index contributed by atoms with van der Waals surface area (Å²) in [7, 11) is 0. The molecule has 0 bridgehead atoms. The number of benzene rings is 2. The van der Waals surface area contributed by atoms with E-state index in [2.05, 4.69) is 31.0 Å². The molecule has 0 aliphatic carbocycles. The van der Waals surface area contributed by atoms with Crippen LogP contribution >= 0.6 is 23.2 Å². The van der Waals surface area contributed by atoms with E-state index < -0.39 is 0 Å². The van der Waals surface area contributed by atoms with Gasteiger partial charge in [0, 0.05) is 16.5 Å². The summed E-state index contributed by atoms with van der Waals surface area (Å²) in [4.78, 5) is 3.61. The molecule has 0 atom stereocenters. The SMILES string of the molecule is Cc1ccc2c(CCCCN)c(-c3cccc(Cl)c3Cl)[nH]c2c1C. The molecule has 0 unspecified atom stereocenters. The first-order valence-corrected chi connectivity index (χ1v) is 9.05. The molecule has 1 heterocycles. The number of unbranched alkanes of at least 4 members (excludes halogenated alkanes) is 1. The van der Waals surface area contributed by atoms with Gasteiger partial charge in [0.1, 0.15) is 0 Å². The third-order valence-electron chi connectivity index (χ3n) is 4.71. The van der Waals surface area contributed by atoms with Gasteiger partial charge < -0.3 is 10.7 Å². The molecule has 0 radical (unpaired) electrons. The van der Waals surface area contributed by atoms with Crippen LogP contribution in [-0.4, -0.2) is 11.5 Å². The molecule has 24 heavy (non-hydrogen) atoms. The monoisotopic (exact) mass is 360 g/mol. The van der Waals surface area contributed by atoms with Crippen LogP contribution in [0.15, 0.2) is 30.3 Å². The first-order chi connectivity index (χ1) is 11.5. The Morgan fingerprint density at radius 1 is 1.04 bits per heavy atom. The number of nitrogens with two attached hydrogens (primary N) is 1. The van der Waals surface area contributed by atoms with Gasteiger partial charge in [-0.15, -0.1) is 0 Å². The summed E-state index contributed by atoms with van der Waals surface area (Å²) >= 11 is 12.7. The van der Waals surface area contributed by atoms with E-state index in [0.29, 0.717) is 16.6 Å². The number of H-pyrrole nitrogens is 1. The van der Waals surface area contributed by atoms with Gasteiger partial charge in [0.2, 0.25) is 0 Å². The number of hydrogen-bond donors (Lipinski definition) is 2. The maximum Gasteiger partial charge on any atom is 0.0685 e. The molecule has 3 N–H and O–H groups in total. The number of halogens is 2. The predicted molar refractivity (Wildman–Crippen MR) is 105 cm³/mol. The quantitative estimate of drug-likeness (QED) is 0.535. The van der Waals surface area contributed by atoms with E-state index in [1.807, 2.05) is 18.2 Å². The van der Waals surface area contributed by atoms with Gasteiger partial charge in [-0.3, -0.25) is 0 Å². The van der Waals surface area contributed by atoms with Crippen LogP contribution in [0, 0.1) is 13.8 Å². The number of fused-ring (bicyclic) bond motifs is 1. The first-order valence-electron chi connectivity index (χ1n) is 8.29. The zero-order valence-corrected chi connectivity index (χ0v) is 15.6. The lowest BCUT2D eigenvalue weighted by Gasteiger charge is -2.08. The molecular formula is C20H22Cl2N2. The molecule has 0 fully saturated rings. The highest BCUT2D eigenvalue weighted by molar-refractivity contribution is 6.43. The number of aromatic nitrogens is 1. The lowest BCUT2D eigenvalue weighted by molar-refractivity contribution is 0.748. The Morgan fingerprint density at radius 2 is 1.83 bits per heavy atom. The summed E-state index contributed by atoms with van der Waals surface area (Å²) in [5, 5.41) is 2.44. The minimum Gasteiger partial charge on any atom is -0.354 e. The standard InChI is InChI=1S/C20H22Cl2N2/c1-12-9-10-15-14(6-3-4-11-23)20(24-19(15)13(12)2)16-7-5-8-17(21)18(16)22/h5,7-10,24H,3-4,6,11,23H2,1-2H3. The highest BCUT2D eigenvalue weighted by atomic mass is 35.5. The number of aryl methyl sites for hydroxylation is 3. The van der Waals surface area contributed by atoms with E-state index >= 15 is 0 Å². The second-order valence-corrected chi connectivity index (χ2v) is 7.04. The van der Waals surface area contributed by atoms with Gasteiger partial charge in [-0.2, -0.15) is 0 Å². The zero-order chi connectivity index (χ0) is 17.3. The van der Waals surface area contributed by atoms with Crippen LogP contribution in [-0.2, 0) is 6.42 Å². The summed E-state index contributed by atoms with van der Waals surface area (Å²) in [5.74, 6) is 0. The van der Waals surface area contributed by atoms with Crippen molar-refractivity contribution in [3.05, 3.63) is 57.1 Å². The molecule has 2 aromatic carbocycles. The Bertz CT molecular complexity index is 881. The van der Waals surface area contributed by atoms with Crippen molar-refractivity contribution in [2.45, 2.75) is 33.1 Å². The number of rotatable bonds is 5. The molecular weight excluding hydrogens is 339 g/mol. The Kier molecular flexibility index (Phi) is 5.19. The van der Waals surface area contributed by atoms with E-state index in [9.17, 15) is 0 Å². The van der Waals surface area contributed by atoms with Crippen molar-refractivity contribution in [1.82, 2.24) is 4.98 Å². The fourth-order valence-electron chi connectivity index (χ4n) is 3.20. The molecule has 0 saturated heterocycles. The molecule has 1 aromatic heterocycles. The van der Waals surface area contributed by atoms with E-state index in [1.54, 1.807) is 0 Å². The van der Waals surface area contributed by atoms with Gasteiger partial charge in [0.25, 0.3) is 0 Å². The Labute approximate surface area is 153 Å². The van der Waals surface area contributed by atoms with Crippen molar-refractivity contribution in [1.29, 1.82) is 0 Å². The predicted octanol–water partition coefficient (Wildman–Crippen LogP) is 6.04. The zero-order valence-electron chi connectivity index (χ0n) is 14.0. The van der Waals surface area contributed by atoms with Crippen molar-refractivity contribution in [3.8, 4) is 11.3 Å². The van der Waals surface area contributed by atoms with E-state index in [0.717, 1.165) is 30.5 Å². The maximum absolute atomic E-state index is 6.49. The smallest absolute Gasteiger partial charge is 0.0685 e. The van der Waals surface area contributed by atoms with Crippen molar-refractivity contribution in [2.75, 3.05) is 6.54 Å². The van der Waals surface area contributed by atoms with E-state index in [-0.39, 0.29) is 0 Å². The summed E-state index contributed by atoms with van der Waals surface area (Å²) in [6.45, 7) is 5.00. The van der Waals surface area contributed by atoms with Crippen LogP contribution in [0.25, 0.3) is 22.2 Å². The molecule has 0 spiro atoms. The Hall–Kier alpha value is -1.48. The van der Waals surface area contributed by atoms with Crippen molar-refractivity contribution >= 4 is 34.1 Å². The molecule has 0 amide bonds. The van der Waals surface area contributed by atoms with Crippen LogP contribution < -0.4 is 5.73 Å². The highest BCUT2D eigenvalue weighted by Crippen LogP contribution is 2.39. The van der Waals surface area contributed by atoms with Crippen molar-refractivity contribution < 1.29 is 0 Å². The van der Waals surface area contributed by atoms with Crippen molar-refractivity contribution in [3.63, 3.8) is 0 Å². The summed E-state index contributed by atoms with van der Waals surface area (Å²) in [5.41, 5.74) is 12.7. The van der Waals surface area contributed by atoms with Crippen LogP contribution in [0.2, 0.25) is 10.0 Å². The molecule has 0 aliphatic rings. The summed E-state index contributed by atoms with van der Waals surface area (Å²) < 4.78 is 0. The van der Waals surface area contributed by atoms with Crippen LogP contribution in [0.3, 0.4) is 0 Å². The minimum absolute atomic E-state index is 0.577. The average Bonchev–Trinajstić information content (AvgIpc) is 2.93. The van der Waals surface area contributed by atoms with Gasteiger partial charge in [-0.1, -0.05) is 47.5 Å². The largest absolute Gasteiger partial charge is 0.354 e. The number of aromatic amines is 1. The van der Waals surface area contributed by atoms with Crippen molar-refractivity contribution in [2.24, 2.45) is 5.73 Å². The van der Waals surface area contributed by atoms with Gasteiger partial charge >= 0.3 is 0 Å². The third kappa shape index (κ3) is 3.06. The molecule has 2 nitrogen and oxygen atoms in total. The Morgan fingerprint density at radius 3 is 2.58 bits per heavy atom. The molecule has 3 rings (SSSR count). The number of nitrogens with one attached hydrogen (secondary N) is 1. The lowest BCUT2D eigenvalue weighted by Crippen LogP contribution is -1.99. The van der Waals surface area contributed by atoms with E-state index in [1.165, 1.54) is 27.6 Å². The van der Waals surface area contributed by atoms with Gasteiger partial charge in [0.15, 0.2) is 0 Å². The van der Waals surface area contributed by atoms with Crippen LogP contribution in [0.1, 0.15) is 29.5 Å². The normalized spacial score (nSPS) is 11.4. The van der Waals surface area contributed by atoms with E-state index in [4.69, 9.17) is 28.9 Å². The summed E-state index contributed by atoms with van der Waals surface area (Å²) in [6.07, 6.45) is 3.04. The van der Waals surface area contributed by atoms with Crippen LogP contribution in [0.5, 0.6) is 0 Å². The number of hydrogen-bond acceptors (Lipinski definition) is 1. The molecule has 4 heteroatoms. The maximum atomic E-state index is 6.49. The van der Waals surface area contributed by atoms with Gasteiger partial charge in [-0.25, -0.2) is 0 Å². The Balaban J connectivity index is 2.23. The van der Waals surface area contributed by atoms with Gasteiger partial charge in [0.05, 0.1) is 15.7 Å². The fourth-order valence-corrected chi connectivity index (χ4v) is 3.59.